The second-order valence-electron chi connectivity index (χ2n) is 8.95. The molecule has 2 atom stereocenters. The highest BCUT2D eigenvalue weighted by atomic mass is 32.1. The number of benzene rings is 1. The maximum atomic E-state index is 12.8. The monoisotopic (exact) mass is 461 g/mol. The normalized spacial score (nSPS) is 20.1. The third-order valence-electron chi connectivity index (χ3n) is 6.82. The van der Waals surface area contributed by atoms with Crippen LogP contribution < -0.4 is 9.77 Å². The molecular weight excluding hydrogens is 438 g/mol. The number of hydrogen-bond donors (Lipinski definition) is 0. The van der Waals surface area contributed by atoms with E-state index in [1.54, 1.807) is 28.7 Å². The van der Waals surface area contributed by atoms with E-state index in [0.717, 1.165) is 53.3 Å². The Morgan fingerprint density at radius 2 is 1.85 bits per heavy atom. The van der Waals surface area contributed by atoms with Crippen LogP contribution in [0.25, 0.3) is 21.5 Å². The van der Waals surface area contributed by atoms with Gasteiger partial charge >= 0.3 is 4.87 Å². The minimum Gasteiger partial charge on any atom is -0.369 e. The van der Waals surface area contributed by atoms with Crippen molar-refractivity contribution in [2.75, 3.05) is 31.1 Å². The van der Waals surface area contributed by atoms with E-state index < -0.39 is 0 Å². The smallest absolute Gasteiger partial charge is 0.307 e. The third-order valence-corrected chi connectivity index (χ3v) is 7.81. The van der Waals surface area contributed by atoms with Gasteiger partial charge in [-0.2, -0.15) is 15.3 Å². The lowest BCUT2D eigenvalue weighted by molar-refractivity contribution is 0.0782. The number of amides is 1. The summed E-state index contributed by atoms with van der Waals surface area (Å²) >= 11 is 1.24. The number of carbonyl (C=O) groups is 1. The quantitative estimate of drug-likeness (QED) is 0.464. The number of aryl methyl sites for hydroxylation is 2. The topological polar surface area (TPSA) is 89.2 Å². The molecule has 2 saturated heterocycles. The highest BCUT2D eigenvalue weighted by molar-refractivity contribution is 7.16. The van der Waals surface area contributed by atoms with Crippen LogP contribution in [0.15, 0.2) is 47.7 Å². The number of anilines is 1. The van der Waals surface area contributed by atoms with Crippen molar-refractivity contribution in [2.45, 2.75) is 0 Å². The molecule has 33 heavy (non-hydrogen) atoms. The molecule has 2 aliphatic rings. The van der Waals surface area contributed by atoms with Crippen LogP contribution in [0.5, 0.6) is 0 Å². The third kappa shape index (κ3) is 3.41. The lowest BCUT2D eigenvalue weighted by Crippen LogP contribution is -2.33. The van der Waals surface area contributed by atoms with Crippen LogP contribution in [-0.2, 0) is 14.1 Å². The summed E-state index contributed by atoms with van der Waals surface area (Å²) in [7, 11) is 3.61. The van der Waals surface area contributed by atoms with E-state index in [0.29, 0.717) is 17.4 Å². The Hall–Kier alpha value is -3.53. The molecule has 0 N–H and O–H groups in total. The Morgan fingerprint density at radius 1 is 1.06 bits per heavy atom. The van der Waals surface area contributed by atoms with Crippen LogP contribution in [-0.4, -0.2) is 61.5 Å². The average molecular weight is 462 g/mol. The Bertz CT molecular complexity index is 1420. The standard InChI is InChI=1S/C23H23N7O2S/c1-27-9-15(7-25-27)22(31)30-12-16-10-29(11-17(16)13-30)18-6-19(26-24-8-18)14-3-4-20-21(5-14)33-23(32)28(20)2/h3-9,16-17H,10-13H2,1-2H3/t16-,17+. The van der Waals surface area contributed by atoms with Gasteiger partial charge in [0, 0.05) is 63.9 Å². The van der Waals surface area contributed by atoms with Crippen LogP contribution in [0.4, 0.5) is 5.69 Å². The van der Waals surface area contributed by atoms with Gasteiger partial charge < -0.3 is 14.4 Å². The molecule has 0 saturated carbocycles. The number of aromatic nitrogens is 5. The summed E-state index contributed by atoms with van der Waals surface area (Å²) < 4.78 is 4.27. The molecule has 2 aliphatic heterocycles. The molecule has 6 rings (SSSR count). The zero-order chi connectivity index (χ0) is 22.7. The van der Waals surface area contributed by atoms with Gasteiger partial charge in [0.1, 0.15) is 0 Å². The lowest BCUT2D eigenvalue weighted by atomic mass is 10.0. The van der Waals surface area contributed by atoms with Crippen molar-refractivity contribution < 1.29 is 4.79 Å². The van der Waals surface area contributed by atoms with Crippen molar-refractivity contribution in [1.82, 2.24) is 29.4 Å². The van der Waals surface area contributed by atoms with Crippen LogP contribution in [0.2, 0.25) is 0 Å². The largest absolute Gasteiger partial charge is 0.369 e. The Kier molecular flexibility index (Phi) is 4.58. The molecule has 3 aromatic heterocycles. The molecule has 0 spiro atoms. The number of carbonyl (C=O) groups excluding carboxylic acids is 1. The Morgan fingerprint density at radius 3 is 2.58 bits per heavy atom. The van der Waals surface area contributed by atoms with Crippen molar-refractivity contribution in [3.8, 4) is 11.3 Å². The van der Waals surface area contributed by atoms with Gasteiger partial charge in [0.2, 0.25) is 0 Å². The molecule has 1 aromatic carbocycles. The highest BCUT2D eigenvalue weighted by Crippen LogP contribution is 2.35. The van der Waals surface area contributed by atoms with Crippen LogP contribution in [0.3, 0.4) is 0 Å². The number of nitrogens with zero attached hydrogens (tertiary/aromatic N) is 7. The average Bonchev–Trinajstić information content (AvgIpc) is 3.57. The van der Waals surface area contributed by atoms with E-state index in [4.69, 9.17) is 0 Å². The first-order chi connectivity index (χ1) is 16.0. The molecule has 0 aliphatic carbocycles. The summed E-state index contributed by atoms with van der Waals surface area (Å²) in [6, 6.07) is 8.03. The van der Waals surface area contributed by atoms with Gasteiger partial charge in [0.05, 0.1) is 39.6 Å². The van der Waals surface area contributed by atoms with Gasteiger partial charge in [0.15, 0.2) is 0 Å². The number of hydrogen-bond acceptors (Lipinski definition) is 7. The molecule has 168 valence electrons. The predicted molar refractivity (Wildman–Crippen MR) is 126 cm³/mol. The second kappa shape index (κ2) is 7.51. The van der Waals surface area contributed by atoms with E-state index in [1.807, 2.05) is 36.3 Å². The maximum Gasteiger partial charge on any atom is 0.307 e. The van der Waals surface area contributed by atoms with Crippen LogP contribution in [0, 0.1) is 11.8 Å². The Labute approximate surface area is 193 Å². The zero-order valence-corrected chi connectivity index (χ0v) is 19.2. The fourth-order valence-electron chi connectivity index (χ4n) is 5.05. The fourth-order valence-corrected chi connectivity index (χ4v) is 5.97. The van der Waals surface area contributed by atoms with Crippen molar-refractivity contribution in [3.05, 3.63) is 58.1 Å². The molecule has 1 amide bonds. The fraction of sp³-hybridized carbons (Fsp3) is 0.348. The number of thiazole rings is 1. The van der Waals surface area contributed by atoms with Crippen molar-refractivity contribution in [3.63, 3.8) is 0 Å². The summed E-state index contributed by atoms with van der Waals surface area (Å²) in [5, 5.41) is 12.7. The van der Waals surface area contributed by atoms with Crippen molar-refractivity contribution >= 4 is 33.1 Å². The molecule has 2 fully saturated rings. The lowest BCUT2D eigenvalue weighted by Gasteiger charge is -2.23. The zero-order valence-electron chi connectivity index (χ0n) is 18.4. The minimum absolute atomic E-state index is 0.0293. The van der Waals surface area contributed by atoms with E-state index in [1.165, 1.54) is 11.3 Å². The minimum atomic E-state index is 0.0293. The number of likely N-dealkylation sites (tertiary alicyclic amines) is 1. The van der Waals surface area contributed by atoms with E-state index >= 15 is 0 Å². The van der Waals surface area contributed by atoms with E-state index in [2.05, 4.69) is 26.3 Å². The SMILES string of the molecule is Cn1cc(C(=O)N2C[C@@H]3CN(c4cnnc(-c5ccc6c(c5)sc(=O)n6C)c4)C[C@@H]3C2)cn1. The van der Waals surface area contributed by atoms with Gasteiger partial charge in [0.25, 0.3) is 5.91 Å². The highest BCUT2D eigenvalue weighted by Gasteiger charge is 2.42. The van der Waals surface area contributed by atoms with Crippen molar-refractivity contribution in [1.29, 1.82) is 0 Å². The molecule has 4 aromatic rings. The summed E-state index contributed by atoms with van der Waals surface area (Å²) in [6.07, 6.45) is 5.22. The second-order valence-corrected chi connectivity index (χ2v) is 9.94. The van der Waals surface area contributed by atoms with Gasteiger partial charge in [-0.05, 0) is 18.2 Å². The molecule has 0 radical (unpaired) electrons. The summed E-state index contributed by atoms with van der Waals surface area (Å²) in [4.78, 5) is 29.1. The van der Waals surface area contributed by atoms with Gasteiger partial charge in [-0.1, -0.05) is 17.4 Å². The summed E-state index contributed by atoms with van der Waals surface area (Å²) in [5.74, 6) is 0.955. The first kappa shape index (κ1) is 20.1. The predicted octanol–water partition coefficient (Wildman–Crippen LogP) is 2.00. The Balaban J connectivity index is 1.19. The molecule has 10 heteroatoms. The number of fused-ring (bicyclic) bond motifs is 2. The summed E-state index contributed by atoms with van der Waals surface area (Å²) in [5.41, 5.74) is 4.36. The first-order valence-electron chi connectivity index (χ1n) is 10.9. The van der Waals surface area contributed by atoms with Gasteiger partial charge in [-0.3, -0.25) is 14.3 Å². The van der Waals surface area contributed by atoms with Crippen molar-refractivity contribution in [2.24, 2.45) is 25.9 Å². The van der Waals surface area contributed by atoms with Crippen LogP contribution in [0.1, 0.15) is 10.4 Å². The molecule has 0 bridgehead atoms. The van der Waals surface area contributed by atoms with E-state index in [9.17, 15) is 9.59 Å². The van der Waals surface area contributed by atoms with Gasteiger partial charge in [-0.15, -0.1) is 0 Å². The van der Waals surface area contributed by atoms with Crippen LogP contribution >= 0.6 is 11.3 Å². The molecule has 9 nitrogen and oxygen atoms in total. The number of rotatable bonds is 3. The molecule has 0 unspecified atom stereocenters. The molecule has 5 heterocycles. The first-order valence-corrected chi connectivity index (χ1v) is 11.7. The maximum absolute atomic E-state index is 12.8. The van der Waals surface area contributed by atoms with Gasteiger partial charge in [-0.25, -0.2) is 0 Å². The van der Waals surface area contributed by atoms with E-state index in [-0.39, 0.29) is 10.8 Å². The molecular formula is C23H23N7O2S. The summed E-state index contributed by atoms with van der Waals surface area (Å²) in [6.45, 7) is 3.33.